The van der Waals surface area contributed by atoms with Crippen molar-refractivity contribution in [2.75, 3.05) is 6.54 Å². The highest BCUT2D eigenvalue weighted by Crippen LogP contribution is 2.27. The Morgan fingerprint density at radius 2 is 1.44 bits per heavy atom. The van der Waals surface area contributed by atoms with Gasteiger partial charge in [-0.15, -0.1) is 0 Å². The molecule has 3 amide bonds. The number of carbonyl (C=O) groups excluding carboxylic acids is 3. The Morgan fingerprint density at radius 3 is 2.02 bits per heavy atom. The monoisotopic (exact) mass is 557 g/mol. The fourth-order valence-corrected chi connectivity index (χ4v) is 4.62. The van der Waals surface area contributed by atoms with Crippen LogP contribution in [0.5, 0.6) is 0 Å². The number of amides is 3. The van der Waals surface area contributed by atoms with Crippen molar-refractivity contribution in [2.45, 2.75) is 78.1 Å². The highest BCUT2D eigenvalue weighted by atomic mass is 16.6. The summed E-state index contributed by atoms with van der Waals surface area (Å²) in [5, 5.41) is 5.86. The summed E-state index contributed by atoms with van der Waals surface area (Å²) in [5.74, 6) is -0.611. The quantitative estimate of drug-likeness (QED) is 0.281. The van der Waals surface area contributed by atoms with Crippen LogP contribution in [0.4, 0.5) is 4.79 Å². The third-order valence-corrected chi connectivity index (χ3v) is 6.66. The molecule has 7 nitrogen and oxygen atoms in total. The van der Waals surface area contributed by atoms with Gasteiger partial charge in [-0.1, -0.05) is 98.3 Å². The number of unbranched alkanes of at least 4 members (excludes halogenated alkanes) is 1. The first kappa shape index (κ1) is 31.4. The first-order valence-corrected chi connectivity index (χ1v) is 14.3. The molecule has 3 aromatic rings. The Kier molecular flexibility index (Phi) is 11.5. The number of nitrogens with one attached hydrogen (secondary N) is 2. The molecule has 0 saturated carbocycles. The van der Waals surface area contributed by atoms with Gasteiger partial charge in [0.1, 0.15) is 17.7 Å². The second-order valence-corrected chi connectivity index (χ2v) is 11.2. The molecule has 2 atom stereocenters. The van der Waals surface area contributed by atoms with Gasteiger partial charge in [0, 0.05) is 19.5 Å². The maximum absolute atomic E-state index is 14.4. The number of carbonyl (C=O) groups is 3. The molecule has 0 aromatic heterocycles. The molecule has 0 heterocycles. The van der Waals surface area contributed by atoms with E-state index in [2.05, 4.69) is 10.6 Å². The van der Waals surface area contributed by atoms with Crippen molar-refractivity contribution < 1.29 is 19.1 Å². The second kappa shape index (κ2) is 15.0. The molecule has 0 spiro atoms. The molecule has 0 fully saturated rings. The minimum atomic E-state index is -0.933. The SMILES string of the molecule is CCCCN(C(=O)C(Cc1ccccc1)NC(=O)OC(C)(C)C)C(C(=O)NCc1ccccc1)c1ccccc1C. The number of aryl methyl sites for hydroxylation is 1. The predicted molar refractivity (Wildman–Crippen MR) is 162 cm³/mol. The van der Waals surface area contributed by atoms with Gasteiger partial charge in [-0.2, -0.15) is 0 Å². The van der Waals surface area contributed by atoms with E-state index >= 15 is 0 Å². The summed E-state index contributed by atoms with van der Waals surface area (Å²) in [5.41, 5.74) is 2.77. The second-order valence-electron chi connectivity index (χ2n) is 11.2. The van der Waals surface area contributed by atoms with Gasteiger partial charge >= 0.3 is 6.09 Å². The Hall–Kier alpha value is -4.13. The number of alkyl carbamates (subject to hydrolysis) is 1. The molecule has 2 N–H and O–H groups in total. The van der Waals surface area contributed by atoms with Gasteiger partial charge < -0.3 is 20.3 Å². The molecule has 2 unspecified atom stereocenters. The third kappa shape index (κ3) is 9.78. The number of ether oxygens (including phenoxy) is 1. The van der Waals surface area contributed by atoms with Crippen LogP contribution in [0.15, 0.2) is 84.9 Å². The molecule has 7 heteroatoms. The number of hydrogen-bond donors (Lipinski definition) is 2. The maximum atomic E-state index is 14.4. The van der Waals surface area contributed by atoms with Gasteiger partial charge in [0.15, 0.2) is 0 Å². The molecule has 0 aliphatic heterocycles. The van der Waals surface area contributed by atoms with E-state index in [4.69, 9.17) is 4.74 Å². The van der Waals surface area contributed by atoms with E-state index in [1.807, 2.05) is 98.8 Å². The number of hydrogen-bond acceptors (Lipinski definition) is 4. The Balaban J connectivity index is 2.01. The van der Waals surface area contributed by atoms with Crippen molar-refractivity contribution in [3.63, 3.8) is 0 Å². The minimum Gasteiger partial charge on any atom is -0.444 e. The summed E-state index contributed by atoms with van der Waals surface area (Å²) in [6, 6.07) is 25.0. The first-order chi connectivity index (χ1) is 19.6. The van der Waals surface area contributed by atoms with Crippen LogP contribution in [-0.2, 0) is 27.3 Å². The van der Waals surface area contributed by atoms with E-state index in [9.17, 15) is 14.4 Å². The molecule has 0 aliphatic carbocycles. The summed E-state index contributed by atoms with van der Waals surface area (Å²) >= 11 is 0. The molecule has 0 saturated heterocycles. The molecule has 3 rings (SSSR count). The standard InChI is InChI=1S/C34H43N3O4/c1-6-7-22-37(32(39)29(23-26-17-10-8-11-18-26)36-33(40)41-34(3,4)5)30(28-21-15-14-16-25(28)2)31(38)35-24-27-19-12-9-13-20-27/h8-21,29-30H,6-7,22-24H2,1-5H3,(H,35,38)(H,36,40). The zero-order chi connectivity index (χ0) is 29.8. The van der Waals surface area contributed by atoms with Gasteiger partial charge in [-0.3, -0.25) is 9.59 Å². The first-order valence-electron chi connectivity index (χ1n) is 14.3. The van der Waals surface area contributed by atoms with Crippen LogP contribution in [0.2, 0.25) is 0 Å². The van der Waals surface area contributed by atoms with Gasteiger partial charge in [0.25, 0.3) is 0 Å². The van der Waals surface area contributed by atoms with E-state index in [0.717, 1.165) is 28.7 Å². The number of benzene rings is 3. The summed E-state index contributed by atoms with van der Waals surface area (Å²) in [7, 11) is 0. The molecule has 0 aliphatic rings. The van der Waals surface area contributed by atoms with Crippen LogP contribution in [0.3, 0.4) is 0 Å². The van der Waals surface area contributed by atoms with Crippen molar-refractivity contribution in [1.82, 2.24) is 15.5 Å². The Morgan fingerprint density at radius 1 is 0.854 bits per heavy atom. The van der Waals surface area contributed by atoms with Crippen molar-refractivity contribution in [3.8, 4) is 0 Å². The smallest absolute Gasteiger partial charge is 0.408 e. The van der Waals surface area contributed by atoms with Crippen molar-refractivity contribution in [1.29, 1.82) is 0 Å². The molecular weight excluding hydrogens is 514 g/mol. The summed E-state index contributed by atoms with van der Waals surface area (Å²) in [4.78, 5) is 42.9. The molecule has 0 radical (unpaired) electrons. The van der Waals surface area contributed by atoms with E-state index in [0.29, 0.717) is 19.5 Å². The van der Waals surface area contributed by atoms with Crippen LogP contribution in [0, 0.1) is 6.92 Å². The van der Waals surface area contributed by atoms with E-state index in [1.54, 1.807) is 25.7 Å². The van der Waals surface area contributed by atoms with Crippen LogP contribution >= 0.6 is 0 Å². The third-order valence-electron chi connectivity index (χ3n) is 6.66. The summed E-state index contributed by atoms with van der Waals surface area (Å²) in [6.45, 7) is 10.0. The van der Waals surface area contributed by atoms with Crippen LogP contribution in [0.25, 0.3) is 0 Å². The largest absolute Gasteiger partial charge is 0.444 e. The lowest BCUT2D eigenvalue weighted by atomic mass is 9.96. The summed E-state index contributed by atoms with van der Waals surface area (Å²) in [6.07, 6.45) is 1.11. The van der Waals surface area contributed by atoms with Gasteiger partial charge in [0.05, 0.1) is 0 Å². The molecule has 218 valence electrons. The zero-order valence-electron chi connectivity index (χ0n) is 24.9. The highest BCUT2D eigenvalue weighted by Gasteiger charge is 2.36. The van der Waals surface area contributed by atoms with Crippen LogP contribution < -0.4 is 10.6 Å². The average Bonchev–Trinajstić information content (AvgIpc) is 2.94. The van der Waals surface area contributed by atoms with Crippen molar-refractivity contribution >= 4 is 17.9 Å². The normalized spacial score (nSPS) is 12.6. The van der Waals surface area contributed by atoms with Gasteiger partial charge in [-0.25, -0.2) is 4.79 Å². The van der Waals surface area contributed by atoms with Crippen LogP contribution in [-0.4, -0.2) is 41.0 Å². The molecule has 3 aromatic carbocycles. The maximum Gasteiger partial charge on any atom is 0.408 e. The Labute approximate surface area is 244 Å². The topological polar surface area (TPSA) is 87.7 Å². The lowest BCUT2D eigenvalue weighted by Gasteiger charge is -2.35. The number of rotatable bonds is 12. The predicted octanol–water partition coefficient (Wildman–Crippen LogP) is 6.12. The minimum absolute atomic E-state index is 0.258. The number of nitrogens with zero attached hydrogens (tertiary/aromatic N) is 1. The van der Waals surface area contributed by atoms with Crippen molar-refractivity contribution in [2.24, 2.45) is 0 Å². The summed E-state index contributed by atoms with van der Waals surface area (Å²) < 4.78 is 5.52. The molecule has 41 heavy (non-hydrogen) atoms. The van der Waals surface area contributed by atoms with Gasteiger partial charge in [-0.05, 0) is 56.4 Å². The highest BCUT2D eigenvalue weighted by molar-refractivity contribution is 5.92. The molecule has 0 bridgehead atoms. The fraction of sp³-hybridized carbons (Fsp3) is 0.382. The fourth-order valence-electron chi connectivity index (χ4n) is 4.62. The van der Waals surface area contributed by atoms with E-state index in [1.165, 1.54) is 0 Å². The molecular formula is C34H43N3O4. The van der Waals surface area contributed by atoms with Gasteiger partial charge in [0.2, 0.25) is 11.8 Å². The van der Waals surface area contributed by atoms with Crippen LogP contribution in [0.1, 0.15) is 68.8 Å². The average molecular weight is 558 g/mol. The zero-order valence-corrected chi connectivity index (χ0v) is 24.9. The Bertz CT molecular complexity index is 1270. The van der Waals surface area contributed by atoms with E-state index < -0.39 is 23.8 Å². The van der Waals surface area contributed by atoms with Crippen molar-refractivity contribution in [3.05, 3.63) is 107 Å². The van der Waals surface area contributed by atoms with E-state index in [-0.39, 0.29) is 18.2 Å². The lowest BCUT2D eigenvalue weighted by molar-refractivity contribution is -0.142. The lowest BCUT2D eigenvalue weighted by Crippen LogP contribution is -2.54.